The van der Waals surface area contributed by atoms with Gasteiger partial charge in [0.1, 0.15) is 18.1 Å². The van der Waals surface area contributed by atoms with E-state index in [0.717, 1.165) is 22.2 Å². The molecule has 1 fully saturated rings. The van der Waals surface area contributed by atoms with Crippen LogP contribution in [0.2, 0.25) is 0 Å². The van der Waals surface area contributed by atoms with Crippen LogP contribution in [-0.4, -0.2) is 29.8 Å². The van der Waals surface area contributed by atoms with Gasteiger partial charge >= 0.3 is 0 Å². The van der Waals surface area contributed by atoms with Crippen LogP contribution in [0.1, 0.15) is 36.5 Å². The Morgan fingerprint density at radius 3 is 2.68 bits per heavy atom. The number of hydrogen-bond donors (Lipinski definition) is 0. The van der Waals surface area contributed by atoms with E-state index in [9.17, 15) is 9.59 Å². The van der Waals surface area contributed by atoms with Crippen LogP contribution in [0, 0.1) is 5.92 Å². The average molecular weight is 406 g/mol. The van der Waals surface area contributed by atoms with Crippen molar-refractivity contribution in [2.45, 2.75) is 36.5 Å². The molecule has 0 saturated heterocycles. The Bertz CT molecular complexity index is 585. The van der Waals surface area contributed by atoms with E-state index in [1.54, 1.807) is 12.1 Å². The normalized spacial score (nSPS) is 15.5. The molecule has 0 amide bonds. The smallest absolute Gasteiger partial charge is 0.171 e. The lowest BCUT2D eigenvalue weighted by atomic mass is 10.0. The van der Waals surface area contributed by atoms with Crippen molar-refractivity contribution in [1.29, 1.82) is 0 Å². The van der Waals surface area contributed by atoms with Gasteiger partial charge in [0.15, 0.2) is 5.78 Å². The Morgan fingerprint density at radius 2 is 2.14 bits per heavy atom. The Balaban J connectivity index is 2.24. The summed E-state index contributed by atoms with van der Waals surface area (Å²) in [5.74, 6) is 0.629. The van der Waals surface area contributed by atoms with E-state index in [1.807, 2.05) is 13.2 Å². The zero-order valence-corrected chi connectivity index (χ0v) is 15.7. The number of ketones is 2. The van der Waals surface area contributed by atoms with Crippen LogP contribution in [-0.2, 0) is 4.79 Å². The number of halogens is 2. The van der Waals surface area contributed by atoms with E-state index in [0.29, 0.717) is 17.9 Å². The second-order valence-electron chi connectivity index (χ2n) is 5.39. The highest BCUT2D eigenvalue weighted by Gasteiger charge is 2.31. The highest BCUT2D eigenvalue weighted by atomic mass is 79.9. The van der Waals surface area contributed by atoms with Gasteiger partial charge in [0, 0.05) is 11.5 Å². The Kier molecular flexibility index (Phi) is 6.36. The third-order valence-electron chi connectivity index (χ3n) is 3.39. The summed E-state index contributed by atoms with van der Waals surface area (Å²) in [6, 6.07) is 3.53. The molecule has 0 radical (unpaired) electrons. The summed E-state index contributed by atoms with van der Waals surface area (Å²) >= 11 is 10.8. The zero-order valence-electron chi connectivity index (χ0n) is 12.5. The molecule has 1 saturated carbocycles. The van der Waals surface area contributed by atoms with E-state index in [2.05, 4.69) is 15.9 Å². The molecule has 0 spiro atoms. The van der Waals surface area contributed by atoms with Crippen LogP contribution in [0.4, 0.5) is 0 Å². The Hall–Kier alpha value is -0.520. The minimum absolute atomic E-state index is 0.0226. The third kappa shape index (κ3) is 4.49. The van der Waals surface area contributed by atoms with Gasteiger partial charge in [-0.2, -0.15) is 0 Å². The maximum Gasteiger partial charge on any atom is 0.171 e. The molecule has 0 aromatic heterocycles. The fourth-order valence-electron chi connectivity index (χ4n) is 2.10. The monoisotopic (exact) mass is 404 g/mol. The van der Waals surface area contributed by atoms with Crippen molar-refractivity contribution in [3.8, 4) is 5.75 Å². The van der Waals surface area contributed by atoms with E-state index in [-0.39, 0.29) is 29.3 Å². The van der Waals surface area contributed by atoms with Crippen molar-refractivity contribution in [2.75, 3.05) is 12.9 Å². The van der Waals surface area contributed by atoms with E-state index in [4.69, 9.17) is 16.3 Å². The van der Waals surface area contributed by atoms with Crippen LogP contribution in [0.15, 0.2) is 21.5 Å². The van der Waals surface area contributed by atoms with Crippen LogP contribution < -0.4 is 4.74 Å². The molecule has 6 heteroatoms. The van der Waals surface area contributed by atoms with Gasteiger partial charge in [0.05, 0.1) is 21.2 Å². The van der Waals surface area contributed by atoms with Gasteiger partial charge in [0.25, 0.3) is 0 Å². The van der Waals surface area contributed by atoms with Crippen LogP contribution in [0.25, 0.3) is 0 Å². The molecule has 120 valence electrons. The topological polar surface area (TPSA) is 43.4 Å². The zero-order chi connectivity index (χ0) is 16.3. The third-order valence-corrected chi connectivity index (χ3v) is 4.96. The summed E-state index contributed by atoms with van der Waals surface area (Å²) < 4.78 is 6.52. The van der Waals surface area contributed by atoms with Crippen molar-refractivity contribution >= 4 is 50.9 Å². The average Bonchev–Trinajstić information content (AvgIpc) is 3.29. The Labute approximate surface area is 148 Å². The highest BCUT2D eigenvalue weighted by molar-refractivity contribution is 9.10. The van der Waals surface area contributed by atoms with E-state index in [1.165, 1.54) is 11.8 Å². The first kappa shape index (κ1) is 17.8. The maximum absolute atomic E-state index is 12.4. The van der Waals surface area contributed by atoms with E-state index >= 15 is 0 Å². The number of ether oxygens (including phenoxy) is 1. The first-order chi connectivity index (χ1) is 10.4. The second-order valence-corrected chi connectivity index (χ2v) is 7.81. The maximum atomic E-state index is 12.4. The minimum Gasteiger partial charge on any atom is -0.490 e. The minimum atomic E-state index is -0.141. The molecular weight excluding hydrogens is 388 g/mol. The number of alkyl halides is 1. The Morgan fingerprint density at radius 1 is 1.45 bits per heavy atom. The molecule has 1 unspecified atom stereocenters. The number of carbonyl (C=O) groups excluding carboxylic acids is 2. The summed E-state index contributed by atoms with van der Waals surface area (Å²) in [5, 5.41) is -0.127. The quantitative estimate of drug-likeness (QED) is 0.271. The predicted molar refractivity (Wildman–Crippen MR) is 93.4 cm³/mol. The first-order valence-corrected chi connectivity index (χ1v) is 9.58. The fourth-order valence-corrected chi connectivity index (χ4v) is 3.49. The summed E-state index contributed by atoms with van der Waals surface area (Å²) in [6.07, 6.45) is 3.71. The van der Waals surface area contributed by atoms with Crippen molar-refractivity contribution in [3.05, 3.63) is 22.2 Å². The molecule has 0 heterocycles. The van der Waals surface area contributed by atoms with E-state index < -0.39 is 0 Å². The first-order valence-electron chi connectivity index (χ1n) is 7.13. The summed E-state index contributed by atoms with van der Waals surface area (Å²) in [4.78, 5) is 25.1. The van der Waals surface area contributed by atoms with Gasteiger partial charge < -0.3 is 4.74 Å². The van der Waals surface area contributed by atoms with Crippen molar-refractivity contribution in [1.82, 2.24) is 0 Å². The number of Topliss-reactive ketones (excluding diaryl/α,β-unsaturated/α-hetero) is 2. The van der Waals surface area contributed by atoms with Gasteiger partial charge in [0.2, 0.25) is 0 Å². The van der Waals surface area contributed by atoms with Crippen molar-refractivity contribution in [3.63, 3.8) is 0 Å². The number of benzene rings is 1. The standard InChI is InChI=1S/C16H18BrClO3S/c1-9(18)8-21-15-12(17)6-5-11(16(15)22-2)14(20)7-13(19)10-3-4-10/h5-6,9-10H,3-4,7-8H2,1-2H3. The number of hydrogen-bond acceptors (Lipinski definition) is 4. The number of carbonyl (C=O) groups is 2. The van der Waals surface area contributed by atoms with Crippen LogP contribution >= 0.6 is 39.3 Å². The number of thioether (sulfide) groups is 1. The summed E-state index contributed by atoms with van der Waals surface area (Å²) in [5.41, 5.74) is 0.543. The van der Waals surface area contributed by atoms with Crippen LogP contribution in [0.5, 0.6) is 5.75 Å². The molecule has 0 aliphatic heterocycles. The summed E-state index contributed by atoms with van der Waals surface area (Å²) in [6.45, 7) is 2.20. The van der Waals surface area contributed by atoms with Gasteiger partial charge in [-0.25, -0.2) is 0 Å². The molecule has 1 atom stereocenters. The molecular formula is C16H18BrClO3S. The van der Waals surface area contributed by atoms with Crippen molar-refractivity contribution < 1.29 is 14.3 Å². The number of rotatable bonds is 8. The van der Waals surface area contributed by atoms with Crippen LogP contribution in [0.3, 0.4) is 0 Å². The molecule has 22 heavy (non-hydrogen) atoms. The molecule has 0 N–H and O–H groups in total. The molecule has 1 aliphatic rings. The largest absolute Gasteiger partial charge is 0.490 e. The van der Waals surface area contributed by atoms with Gasteiger partial charge in [-0.15, -0.1) is 23.4 Å². The molecule has 2 rings (SSSR count). The molecule has 1 aromatic carbocycles. The molecule has 1 aromatic rings. The second kappa shape index (κ2) is 7.84. The van der Waals surface area contributed by atoms with Gasteiger partial charge in [-0.1, -0.05) is 0 Å². The molecule has 1 aliphatic carbocycles. The summed E-state index contributed by atoms with van der Waals surface area (Å²) in [7, 11) is 0. The molecule has 3 nitrogen and oxygen atoms in total. The molecule has 0 bridgehead atoms. The fraction of sp³-hybridized carbons (Fsp3) is 0.500. The lowest BCUT2D eigenvalue weighted by molar-refractivity contribution is -0.119. The highest BCUT2D eigenvalue weighted by Crippen LogP contribution is 2.39. The lowest BCUT2D eigenvalue weighted by Crippen LogP contribution is -2.13. The van der Waals surface area contributed by atoms with Crippen molar-refractivity contribution in [2.24, 2.45) is 5.92 Å². The predicted octanol–water partition coefficient (Wildman–Crippen LogP) is 4.73. The van der Waals surface area contributed by atoms with Gasteiger partial charge in [-0.3, -0.25) is 9.59 Å². The SMILES string of the molecule is CSc1c(C(=O)CC(=O)C2CC2)ccc(Br)c1OCC(C)Cl. The van der Waals surface area contributed by atoms with Gasteiger partial charge in [-0.05, 0) is 54.1 Å². The lowest BCUT2D eigenvalue weighted by Gasteiger charge is -2.16.